The van der Waals surface area contributed by atoms with Gasteiger partial charge >= 0.3 is 0 Å². The van der Waals surface area contributed by atoms with E-state index in [0.29, 0.717) is 5.56 Å². The summed E-state index contributed by atoms with van der Waals surface area (Å²) in [5.41, 5.74) is 14.3. The molecule has 0 atom stereocenters. The van der Waals surface area contributed by atoms with Crippen LogP contribution in [0.5, 0.6) is 0 Å². The molecule has 0 saturated heterocycles. The second kappa shape index (κ2) is 8.05. The van der Waals surface area contributed by atoms with E-state index >= 15 is 0 Å². The van der Waals surface area contributed by atoms with Crippen LogP contribution in [0.25, 0.3) is 11.1 Å². The molecule has 0 aliphatic carbocycles. The first-order valence-corrected chi connectivity index (χ1v) is 9.26. The van der Waals surface area contributed by atoms with E-state index in [9.17, 15) is 8.78 Å². The Labute approximate surface area is 172 Å². The van der Waals surface area contributed by atoms with E-state index in [1.807, 2.05) is 38.4 Å². The van der Waals surface area contributed by atoms with E-state index in [1.54, 1.807) is 12.3 Å². The van der Waals surface area contributed by atoms with Crippen LogP contribution in [0.2, 0.25) is 0 Å². The lowest BCUT2D eigenvalue weighted by molar-refractivity contribution is 0.402. The lowest BCUT2D eigenvalue weighted by Gasteiger charge is -2.21. The first-order chi connectivity index (χ1) is 14.4. The van der Waals surface area contributed by atoms with Gasteiger partial charge in [-0.05, 0) is 43.4 Å². The zero-order chi connectivity index (χ0) is 21.3. The molecular formula is C21H21F2N7. The van der Waals surface area contributed by atoms with E-state index < -0.39 is 11.6 Å². The number of aromatic nitrogens is 1. The van der Waals surface area contributed by atoms with Gasteiger partial charge in [-0.15, -0.1) is 10.6 Å². The van der Waals surface area contributed by atoms with Gasteiger partial charge in [0.15, 0.2) is 17.5 Å². The zero-order valence-electron chi connectivity index (χ0n) is 16.5. The van der Waals surface area contributed by atoms with Gasteiger partial charge in [0.2, 0.25) is 0 Å². The molecule has 0 saturated carbocycles. The fourth-order valence-corrected chi connectivity index (χ4v) is 3.26. The number of nitrogens with one attached hydrogen (secondary N) is 2. The van der Waals surface area contributed by atoms with Gasteiger partial charge in [0.25, 0.3) is 0 Å². The molecule has 0 amide bonds. The molecule has 7 nitrogen and oxygen atoms in total. The summed E-state index contributed by atoms with van der Waals surface area (Å²) in [4.78, 5) is 6.35. The minimum absolute atomic E-state index is 0.189. The lowest BCUT2D eigenvalue weighted by atomic mass is 10.0. The van der Waals surface area contributed by atoms with Gasteiger partial charge in [-0.1, -0.05) is 30.3 Å². The number of benzene rings is 2. The minimum atomic E-state index is -0.738. The number of rotatable bonds is 5. The first-order valence-electron chi connectivity index (χ1n) is 9.26. The second-order valence-corrected chi connectivity index (χ2v) is 7.16. The van der Waals surface area contributed by atoms with E-state index in [2.05, 4.69) is 26.1 Å². The molecule has 30 heavy (non-hydrogen) atoms. The number of pyridine rings is 1. The number of halogens is 2. The zero-order valence-corrected chi connectivity index (χ0v) is 16.5. The Morgan fingerprint density at radius 2 is 1.73 bits per heavy atom. The number of nitrogen functional groups attached to an aromatic ring is 1. The summed E-state index contributed by atoms with van der Waals surface area (Å²) < 4.78 is 28.6. The van der Waals surface area contributed by atoms with Crippen molar-refractivity contribution < 1.29 is 8.78 Å². The normalized spacial score (nSPS) is 13.5. The van der Waals surface area contributed by atoms with Crippen molar-refractivity contribution in [2.75, 3.05) is 24.8 Å². The van der Waals surface area contributed by atoms with Gasteiger partial charge in [0, 0.05) is 18.3 Å². The fraction of sp³-hybridized carbons (Fsp3) is 0.143. The molecule has 4 N–H and O–H groups in total. The van der Waals surface area contributed by atoms with Gasteiger partial charge in [0.1, 0.15) is 11.5 Å². The van der Waals surface area contributed by atoms with Crippen LogP contribution in [0.15, 0.2) is 59.8 Å². The molecule has 1 aliphatic heterocycles. The summed E-state index contributed by atoms with van der Waals surface area (Å²) in [7, 11) is 4.03. The molecular weight excluding hydrogens is 388 g/mol. The van der Waals surface area contributed by atoms with E-state index in [4.69, 9.17) is 5.73 Å². The number of amidine groups is 1. The fourth-order valence-electron chi connectivity index (χ4n) is 3.26. The minimum Gasteiger partial charge on any atom is -0.383 e. The van der Waals surface area contributed by atoms with Crippen molar-refractivity contribution in [2.45, 2.75) is 6.54 Å². The topological polar surface area (TPSA) is 81.8 Å². The Bertz CT molecular complexity index is 1080. The average Bonchev–Trinajstić information content (AvgIpc) is 3.17. The Kier molecular flexibility index (Phi) is 5.30. The smallest absolute Gasteiger partial charge is 0.181 e. The Hall–Kier alpha value is -3.56. The van der Waals surface area contributed by atoms with Crippen LogP contribution in [-0.2, 0) is 6.54 Å². The van der Waals surface area contributed by atoms with Gasteiger partial charge < -0.3 is 10.6 Å². The van der Waals surface area contributed by atoms with E-state index in [0.717, 1.165) is 17.7 Å². The molecule has 2 aromatic carbocycles. The van der Waals surface area contributed by atoms with Crippen molar-refractivity contribution in [3.63, 3.8) is 0 Å². The molecule has 1 aromatic heterocycles. The average molecular weight is 409 g/mol. The number of hydrogen-bond acceptors (Lipinski definition) is 7. The third kappa shape index (κ3) is 3.80. The monoisotopic (exact) mass is 409 g/mol. The SMILES string of the molecule is CN(C)Cc1ccc(-c2cnc(N)c(C3=NNNN3c3c(F)cccc3F)c2)cc1. The largest absolute Gasteiger partial charge is 0.383 e. The molecule has 0 radical (unpaired) electrons. The summed E-state index contributed by atoms with van der Waals surface area (Å²) >= 11 is 0. The van der Waals surface area contributed by atoms with Crippen molar-refractivity contribution in [1.29, 1.82) is 0 Å². The lowest BCUT2D eigenvalue weighted by Crippen LogP contribution is -2.42. The van der Waals surface area contributed by atoms with E-state index in [1.165, 1.54) is 28.8 Å². The van der Waals surface area contributed by atoms with Crippen LogP contribution in [0, 0.1) is 11.6 Å². The molecule has 2 heterocycles. The molecule has 0 spiro atoms. The maximum Gasteiger partial charge on any atom is 0.181 e. The molecule has 0 bridgehead atoms. The second-order valence-electron chi connectivity index (χ2n) is 7.16. The highest BCUT2D eigenvalue weighted by atomic mass is 19.1. The van der Waals surface area contributed by atoms with Crippen LogP contribution in [-0.4, -0.2) is 29.8 Å². The van der Waals surface area contributed by atoms with Crippen molar-refractivity contribution in [2.24, 2.45) is 5.10 Å². The highest BCUT2D eigenvalue weighted by molar-refractivity contribution is 6.13. The molecule has 3 aromatic rings. The van der Waals surface area contributed by atoms with Crippen LogP contribution in [0.1, 0.15) is 11.1 Å². The van der Waals surface area contributed by atoms with Crippen molar-refractivity contribution in [1.82, 2.24) is 21.0 Å². The van der Waals surface area contributed by atoms with Crippen molar-refractivity contribution in [3.05, 3.63) is 77.5 Å². The van der Waals surface area contributed by atoms with Crippen LogP contribution < -0.4 is 21.8 Å². The number of para-hydroxylation sites is 1. The summed E-state index contributed by atoms with van der Waals surface area (Å²) in [6.07, 6.45) is 1.66. The Morgan fingerprint density at radius 3 is 2.40 bits per heavy atom. The van der Waals surface area contributed by atoms with Gasteiger partial charge in [-0.2, -0.15) is 0 Å². The van der Waals surface area contributed by atoms with Crippen molar-refractivity contribution >= 4 is 17.3 Å². The summed E-state index contributed by atoms with van der Waals surface area (Å²) in [5, 5.41) is 5.28. The molecule has 0 fully saturated rings. The van der Waals surface area contributed by atoms with Crippen LogP contribution in [0.4, 0.5) is 20.3 Å². The Balaban J connectivity index is 1.70. The standard InChI is InChI=1S/C21H21F2N7/c1-29(2)12-13-6-8-14(9-7-13)15-10-16(20(24)25-11-15)21-26-27-28-30(21)19-17(22)4-3-5-18(19)23/h3-11,27-28H,12H2,1-2H3,(H2,24,25). The number of nitrogens with zero attached hydrogens (tertiary/aromatic N) is 4. The van der Waals surface area contributed by atoms with Crippen molar-refractivity contribution in [3.8, 4) is 11.1 Å². The molecule has 9 heteroatoms. The first kappa shape index (κ1) is 19.7. The number of hydrazine groups is 2. The van der Waals surface area contributed by atoms with Gasteiger partial charge in [0.05, 0.1) is 5.56 Å². The highest BCUT2D eigenvalue weighted by Crippen LogP contribution is 2.28. The number of nitrogens with two attached hydrogens (primary N) is 1. The predicted octanol–water partition coefficient (Wildman–Crippen LogP) is 2.86. The Morgan fingerprint density at radius 1 is 1.03 bits per heavy atom. The van der Waals surface area contributed by atoms with Gasteiger partial charge in [-0.25, -0.2) is 24.3 Å². The van der Waals surface area contributed by atoms with E-state index in [-0.39, 0.29) is 17.3 Å². The van der Waals surface area contributed by atoms with Crippen LogP contribution in [0.3, 0.4) is 0 Å². The molecule has 1 aliphatic rings. The van der Waals surface area contributed by atoms with Gasteiger partial charge in [-0.3, -0.25) is 0 Å². The highest BCUT2D eigenvalue weighted by Gasteiger charge is 2.28. The third-order valence-electron chi connectivity index (χ3n) is 4.64. The van der Waals surface area contributed by atoms with Crippen LogP contribution >= 0.6 is 0 Å². The maximum absolute atomic E-state index is 14.3. The molecule has 154 valence electrons. The predicted molar refractivity (Wildman–Crippen MR) is 113 cm³/mol. The number of hydrogen-bond donors (Lipinski definition) is 3. The summed E-state index contributed by atoms with van der Waals surface area (Å²) in [5.74, 6) is -1.08. The quantitative estimate of drug-likeness (QED) is 0.601. The summed E-state index contributed by atoms with van der Waals surface area (Å²) in [6, 6.07) is 13.5. The molecule has 0 unspecified atom stereocenters. The number of hydrazone groups is 1. The number of anilines is 2. The molecule has 4 rings (SSSR count). The summed E-state index contributed by atoms with van der Waals surface area (Å²) in [6.45, 7) is 0.836. The maximum atomic E-state index is 14.3. The third-order valence-corrected chi connectivity index (χ3v) is 4.64.